The van der Waals surface area contributed by atoms with Crippen molar-refractivity contribution in [2.75, 3.05) is 144 Å². The second-order valence-electron chi connectivity index (χ2n) is 20.8. The molecule has 0 amide bonds. The molecular formula is C59H93N11O4S2. The van der Waals surface area contributed by atoms with Crippen molar-refractivity contribution in [3.8, 4) is 0 Å². The molecule has 4 aromatic carbocycles. The average molecular weight is 1080 g/mol. The number of benzene rings is 4. The molecule has 0 radical (unpaired) electrons. The summed E-state index contributed by atoms with van der Waals surface area (Å²) in [5.74, 6) is 0. The Morgan fingerprint density at radius 3 is 1.09 bits per heavy atom. The van der Waals surface area contributed by atoms with Crippen molar-refractivity contribution in [3.05, 3.63) is 143 Å². The minimum atomic E-state index is -3.80. The molecule has 3 aliphatic rings. The molecule has 3 heterocycles. The van der Waals surface area contributed by atoms with Gasteiger partial charge in [0, 0.05) is 98.2 Å². The molecule has 7 rings (SSSR count). The van der Waals surface area contributed by atoms with E-state index in [9.17, 15) is 16.8 Å². The molecule has 6 N–H and O–H groups in total. The van der Waals surface area contributed by atoms with Crippen molar-refractivity contribution >= 4 is 20.0 Å². The first kappa shape index (κ1) is 61.3. The summed E-state index contributed by atoms with van der Waals surface area (Å²) >= 11 is 0. The molecule has 15 nitrogen and oxygen atoms in total. The van der Waals surface area contributed by atoms with Gasteiger partial charge in [-0.25, -0.2) is 16.8 Å². The lowest BCUT2D eigenvalue weighted by molar-refractivity contribution is 0.238. The highest BCUT2D eigenvalue weighted by Gasteiger charge is 2.29. The number of hydrogen-bond donors (Lipinski definition) is 6. The van der Waals surface area contributed by atoms with Crippen LogP contribution in [-0.4, -0.2) is 184 Å². The van der Waals surface area contributed by atoms with Gasteiger partial charge in [0.15, 0.2) is 0 Å². The Hall–Kier alpha value is -3.92. The minimum absolute atomic E-state index is 0.0504. The van der Waals surface area contributed by atoms with Crippen LogP contribution in [0.5, 0.6) is 0 Å². The fraction of sp³-hybridized carbons (Fsp3) is 0.559. The van der Waals surface area contributed by atoms with Crippen LogP contribution in [-0.2, 0) is 39.7 Å². The van der Waals surface area contributed by atoms with Gasteiger partial charge in [-0.1, -0.05) is 96.6 Å². The third kappa shape index (κ3) is 22.4. The molecule has 3 saturated heterocycles. The highest BCUT2D eigenvalue weighted by Crippen LogP contribution is 2.23. The lowest BCUT2D eigenvalue weighted by Gasteiger charge is -2.30. The molecule has 0 unspecified atom stereocenters. The largest absolute Gasteiger partial charge is 0.315 e. The Kier molecular flexibility index (Phi) is 27.6. The molecule has 3 aliphatic heterocycles. The highest BCUT2D eigenvalue weighted by atomic mass is 32.2. The quantitative estimate of drug-likeness (QED) is 0.115. The number of hydrogen-bond acceptors (Lipinski definition) is 13. The summed E-state index contributed by atoms with van der Waals surface area (Å²) in [6, 6.07) is 33.2. The van der Waals surface area contributed by atoms with Gasteiger partial charge >= 0.3 is 0 Å². The summed E-state index contributed by atoms with van der Waals surface area (Å²) in [4.78, 5) is 7.96. The van der Waals surface area contributed by atoms with E-state index in [0.29, 0.717) is 51.1 Å². The van der Waals surface area contributed by atoms with Crippen molar-refractivity contribution in [1.29, 1.82) is 0 Å². The molecule has 0 saturated carbocycles. The first-order valence-electron chi connectivity index (χ1n) is 28.3. The van der Waals surface area contributed by atoms with Crippen LogP contribution in [0.1, 0.15) is 66.3 Å². The molecule has 420 valence electrons. The molecule has 3 fully saturated rings. The van der Waals surface area contributed by atoms with Crippen LogP contribution in [0.3, 0.4) is 0 Å². The van der Waals surface area contributed by atoms with Gasteiger partial charge in [0.1, 0.15) is 0 Å². The van der Waals surface area contributed by atoms with Crippen molar-refractivity contribution in [1.82, 2.24) is 55.2 Å². The van der Waals surface area contributed by atoms with Gasteiger partial charge < -0.3 is 31.9 Å². The molecule has 4 aromatic rings. The van der Waals surface area contributed by atoms with Crippen molar-refractivity contribution in [2.45, 2.75) is 81.8 Å². The van der Waals surface area contributed by atoms with Gasteiger partial charge in [0.25, 0.3) is 0 Å². The summed E-state index contributed by atoms with van der Waals surface area (Å²) in [5.41, 5.74) is 6.51. The summed E-state index contributed by atoms with van der Waals surface area (Å²) in [6.07, 6.45) is 6.09. The molecular weight excluding hydrogens is 991 g/mol. The van der Waals surface area contributed by atoms with Gasteiger partial charge in [0.05, 0.1) is 9.79 Å². The zero-order valence-electron chi connectivity index (χ0n) is 46.1. The van der Waals surface area contributed by atoms with Crippen LogP contribution < -0.4 is 31.9 Å². The van der Waals surface area contributed by atoms with Gasteiger partial charge in [-0.2, -0.15) is 8.61 Å². The predicted molar refractivity (Wildman–Crippen MR) is 313 cm³/mol. The Morgan fingerprint density at radius 1 is 0.368 bits per heavy atom. The zero-order chi connectivity index (χ0) is 53.7. The highest BCUT2D eigenvalue weighted by molar-refractivity contribution is 7.89. The van der Waals surface area contributed by atoms with E-state index in [0.717, 1.165) is 134 Å². The number of nitrogens with zero attached hydrogens (tertiary/aromatic N) is 5. The van der Waals surface area contributed by atoms with E-state index in [4.69, 9.17) is 0 Å². The molecule has 0 aromatic heterocycles. The SMILES string of the molecule is C=C1CN(S(=O)(=O)c2ccc(C)cc2)CCCN(Cc2ccccc2)CCCN(S(=O)(=O)c2ccc(C)cc2)C1.c1cc(CN2CCCNCCNCCCNCC2)ccc1CN1CCCNCCNCCCNCC1. The van der Waals surface area contributed by atoms with E-state index in [1.165, 1.54) is 45.4 Å². The lowest BCUT2D eigenvalue weighted by Crippen LogP contribution is -2.41. The number of sulfonamides is 2. The van der Waals surface area contributed by atoms with E-state index in [1.54, 1.807) is 48.5 Å². The topological polar surface area (TPSA) is 157 Å². The Bertz CT molecular complexity index is 2270. The molecule has 76 heavy (non-hydrogen) atoms. The summed E-state index contributed by atoms with van der Waals surface area (Å²) in [6.45, 7) is 30.4. The van der Waals surface area contributed by atoms with Crippen LogP contribution in [0.15, 0.2) is 125 Å². The van der Waals surface area contributed by atoms with Crippen LogP contribution in [0, 0.1) is 13.8 Å². The van der Waals surface area contributed by atoms with Crippen molar-refractivity contribution < 1.29 is 16.8 Å². The maximum Gasteiger partial charge on any atom is 0.243 e. The van der Waals surface area contributed by atoms with Gasteiger partial charge in [-0.05, 0) is 164 Å². The number of rotatable bonds is 10. The van der Waals surface area contributed by atoms with E-state index >= 15 is 0 Å². The second kappa shape index (κ2) is 34.2. The first-order valence-corrected chi connectivity index (χ1v) is 31.2. The first-order chi connectivity index (χ1) is 37.0. The van der Waals surface area contributed by atoms with Crippen LogP contribution in [0.25, 0.3) is 0 Å². The molecule has 0 aliphatic carbocycles. The molecule has 0 bridgehead atoms. The van der Waals surface area contributed by atoms with E-state index in [1.807, 2.05) is 32.0 Å². The predicted octanol–water partition coefficient (Wildman–Crippen LogP) is 5.25. The fourth-order valence-electron chi connectivity index (χ4n) is 9.81. The molecule has 0 spiro atoms. The third-order valence-electron chi connectivity index (χ3n) is 14.2. The monoisotopic (exact) mass is 1080 g/mol. The maximum atomic E-state index is 13.7. The summed E-state index contributed by atoms with van der Waals surface area (Å²) in [5, 5.41) is 21.4. The summed E-state index contributed by atoms with van der Waals surface area (Å²) < 4.78 is 57.7. The van der Waals surface area contributed by atoms with Gasteiger partial charge in [-0.15, -0.1) is 0 Å². The lowest BCUT2D eigenvalue weighted by atomic mass is 10.1. The van der Waals surface area contributed by atoms with E-state index < -0.39 is 20.0 Å². The number of aryl methyl sites for hydroxylation is 2. The van der Waals surface area contributed by atoms with Crippen molar-refractivity contribution in [3.63, 3.8) is 0 Å². The Balaban J connectivity index is 0.000000248. The standard InChI is InChI=1S/C31H39N3O4S2.C28H54N8/c1-26-11-15-30(16-12-26)39(35,36)33-21-7-19-32(25-29-9-5-4-6-10-29)20-8-22-34(24-28(3)23-33)40(37,38)31-17-13-27(2)14-18-31;1-9-29-15-17-31-13-3-21-35(23-19-33-11-1)25-27-5-7-28(8-6-27)26-36-22-4-14-32-18-16-30-10-2-12-34-20-24-36/h4-6,9-18H,3,7-8,19-25H2,1-2H3;5-8,29-34H,1-4,9-26H2. The van der Waals surface area contributed by atoms with Crippen LogP contribution >= 0.6 is 0 Å². The van der Waals surface area contributed by atoms with Crippen LogP contribution in [0.2, 0.25) is 0 Å². The Labute approximate surface area is 458 Å². The maximum absolute atomic E-state index is 13.7. The average Bonchev–Trinajstić information content (AvgIpc) is 3.41. The fourth-order valence-corrected chi connectivity index (χ4v) is 12.8. The van der Waals surface area contributed by atoms with Crippen molar-refractivity contribution in [2.24, 2.45) is 0 Å². The third-order valence-corrected chi connectivity index (χ3v) is 17.9. The normalized spacial score (nSPS) is 20.2. The zero-order valence-corrected chi connectivity index (χ0v) is 47.8. The minimum Gasteiger partial charge on any atom is -0.315 e. The molecule has 0 atom stereocenters. The molecule has 17 heteroatoms. The Morgan fingerprint density at radius 2 is 0.697 bits per heavy atom. The van der Waals surface area contributed by atoms with E-state index in [2.05, 4.69) is 89.6 Å². The van der Waals surface area contributed by atoms with Gasteiger partial charge in [-0.3, -0.25) is 14.7 Å². The van der Waals surface area contributed by atoms with Gasteiger partial charge in [0.2, 0.25) is 20.0 Å². The second-order valence-corrected chi connectivity index (χ2v) is 24.7. The summed E-state index contributed by atoms with van der Waals surface area (Å²) in [7, 11) is -7.60. The van der Waals surface area contributed by atoms with E-state index in [-0.39, 0.29) is 22.9 Å². The van der Waals surface area contributed by atoms with Crippen LogP contribution in [0.4, 0.5) is 0 Å². The smallest absolute Gasteiger partial charge is 0.243 e. The number of nitrogens with one attached hydrogen (secondary N) is 6.